The molecule has 1 rings (SSSR count). The maximum absolute atomic E-state index is 11.3. The smallest absolute Gasteiger partial charge is 0.321 e. The summed E-state index contributed by atoms with van der Waals surface area (Å²) >= 11 is 0. The van der Waals surface area contributed by atoms with Crippen molar-refractivity contribution in [1.82, 2.24) is 4.90 Å². The molecule has 0 amide bonds. The molecule has 100 valence electrons. The number of likely N-dealkylation sites (tertiary alicyclic amines) is 1. The summed E-state index contributed by atoms with van der Waals surface area (Å²) in [5.74, 6) is -0.445. The Morgan fingerprint density at radius 1 is 1.53 bits per heavy atom. The molecule has 2 unspecified atom stereocenters. The first-order valence-corrected chi connectivity index (χ1v) is 6.39. The summed E-state index contributed by atoms with van der Waals surface area (Å²) in [5.41, 5.74) is -0.177. The molecule has 1 saturated heterocycles. The van der Waals surface area contributed by atoms with Gasteiger partial charge in [-0.25, -0.2) is 0 Å². The Morgan fingerprint density at radius 3 is 2.71 bits per heavy atom. The second-order valence-electron chi connectivity index (χ2n) is 5.65. The number of carbonyl (C=O) groups is 1. The van der Waals surface area contributed by atoms with Crippen molar-refractivity contribution in [2.75, 3.05) is 20.2 Å². The number of hydrogen-bond acceptors (Lipinski definition) is 3. The highest BCUT2D eigenvalue weighted by atomic mass is 16.5. The Morgan fingerprint density at radius 2 is 2.18 bits per heavy atom. The molecule has 0 aromatic heterocycles. The highest BCUT2D eigenvalue weighted by Gasteiger charge is 2.34. The Labute approximate surface area is 104 Å². The molecular weight excluding hydrogens is 218 g/mol. The molecule has 2 atom stereocenters. The van der Waals surface area contributed by atoms with Crippen molar-refractivity contribution in [3.63, 3.8) is 0 Å². The first-order chi connectivity index (χ1) is 7.87. The summed E-state index contributed by atoms with van der Waals surface area (Å²) in [5, 5.41) is 9.29. The van der Waals surface area contributed by atoms with Crippen LogP contribution in [0.1, 0.15) is 40.0 Å². The van der Waals surface area contributed by atoms with Gasteiger partial charge in [-0.3, -0.25) is 9.69 Å². The van der Waals surface area contributed by atoms with Crippen molar-refractivity contribution in [2.24, 2.45) is 5.92 Å². The maximum Gasteiger partial charge on any atom is 0.321 e. The predicted octanol–water partition coefficient (Wildman–Crippen LogP) is 1.99. The van der Waals surface area contributed by atoms with Crippen LogP contribution in [0.5, 0.6) is 0 Å². The van der Waals surface area contributed by atoms with E-state index in [1.54, 1.807) is 7.11 Å². The van der Waals surface area contributed by atoms with Crippen LogP contribution in [0.2, 0.25) is 0 Å². The summed E-state index contributed by atoms with van der Waals surface area (Å²) in [6.45, 7) is 7.79. The van der Waals surface area contributed by atoms with Gasteiger partial charge in [0.05, 0.1) is 5.60 Å². The lowest BCUT2D eigenvalue weighted by Crippen LogP contribution is -2.50. The summed E-state index contributed by atoms with van der Waals surface area (Å²) < 4.78 is 5.38. The molecule has 0 aliphatic carbocycles. The van der Waals surface area contributed by atoms with Crippen molar-refractivity contribution in [3.8, 4) is 0 Å². The Balaban J connectivity index is 2.58. The van der Waals surface area contributed by atoms with Crippen molar-refractivity contribution < 1.29 is 14.6 Å². The molecule has 0 spiro atoms. The third kappa shape index (κ3) is 3.96. The van der Waals surface area contributed by atoms with E-state index in [1.165, 1.54) is 0 Å². The monoisotopic (exact) mass is 243 g/mol. The lowest BCUT2D eigenvalue weighted by atomic mass is 9.90. The number of methoxy groups -OCH3 is 1. The molecule has 0 radical (unpaired) electrons. The van der Waals surface area contributed by atoms with Gasteiger partial charge in [-0.15, -0.1) is 0 Å². The maximum atomic E-state index is 11.3. The summed E-state index contributed by atoms with van der Waals surface area (Å²) in [6.07, 6.45) is 2.97. The van der Waals surface area contributed by atoms with Crippen molar-refractivity contribution in [2.45, 2.75) is 51.7 Å². The van der Waals surface area contributed by atoms with Gasteiger partial charge >= 0.3 is 5.97 Å². The third-order valence-electron chi connectivity index (χ3n) is 3.84. The largest absolute Gasteiger partial charge is 0.480 e. The summed E-state index contributed by atoms with van der Waals surface area (Å²) in [6, 6.07) is -0.323. The highest BCUT2D eigenvalue weighted by Crippen LogP contribution is 2.25. The average Bonchev–Trinajstić information content (AvgIpc) is 2.26. The van der Waals surface area contributed by atoms with Crippen molar-refractivity contribution in [1.29, 1.82) is 0 Å². The van der Waals surface area contributed by atoms with E-state index in [-0.39, 0.29) is 17.6 Å². The number of hydrogen-bond donors (Lipinski definition) is 1. The summed E-state index contributed by atoms with van der Waals surface area (Å²) in [4.78, 5) is 13.4. The number of ether oxygens (including phenoxy) is 1. The van der Waals surface area contributed by atoms with Gasteiger partial charge in [0.25, 0.3) is 0 Å². The van der Waals surface area contributed by atoms with Crippen LogP contribution in [-0.2, 0) is 9.53 Å². The molecule has 0 aromatic rings. The zero-order valence-corrected chi connectivity index (χ0v) is 11.4. The number of piperidine rings is 1. The lowest BCUT2D eigenvalue weighted by molar-refractivity contribution is -0.147. The molecule has 1 aliphatic heterocycles. The SMILES string of the molecule is COC(C)(C)CCN1CCCC(C)C1C(=O)O. The van der Waals surface area contributed by atoms with Gasteiger partial charge in [0.15, 0.2) is 0 Å². The quantitative estimate of drug-likeness (QED) is 0.802. The minimum Gasteiger partial charge on any atom is -0.480 e. The van der Waals surface area contributed by atoms with E-state index in [4.69, 9.17) is 4.74 Å². The number of rotatable bonds is 5. The Bertz CT molecular complexity index is 265. The van der Waals surface area contributed by atoms with E-state index >= 15 is 0 Å². The fourth-order valence-electron chi connectivity index (χ4n) is 2.44. The van der Waals surface area contributed by atoms with E-state index in [9.17, 15) is 9.90 Å². The number of carboxylic acids is 1. The Hall–Kier alpha value is -0.610. The Kier molecular flexibility index (Phi) is 4.95. The van der Waals surface area contributed by atoms with Gasteiger partial charge < -0.3 is 9.84 Å². The van der Waals surface area contributed by atoms with Crippen LogP contribution >= 0.6 is 0 Å². The fraction of sp³-hybridized carbons (Fsp3) is 0.923. The molecule has 17 heavy (non-hydrogen) atoms. The first-order valence-electron chi connectivity index (χ1n) is 6.39. The number of nitrogens with zero attached hydrogens (tertiary/aromatic N) is 1. The summed E-state index contributed by atoms with van der Waals surface area (Å²) in [7, 11) is 1.70. The fourth-order valence-corrected chi connectivity index (χ4v) is 2.44. The van der Waals surface area contributed by atoms with Crippen LogP contribution in [0, 0.1) is 5.92 Å². The minimum atomic E-state index is -0.688. The first kappa shape index (κ1) is 14.5. The zero-order chi connectivity index (χ0) is 13.1. The molecule has 1 aliphatic rings. The molecule has 0 aromatic carbocycles. The molecule has 0 saturated carbocycles. The number of carboxylic acid groups (broad SMARTS) is 1. The average molecular weight is 243 g/mol. The van der Waals surface area contributed by atoms with Crippen LogP contribution in [0.15, 0.2) is 0 Å². The number of aliphatic carboxylic acids is 1. The van der Waals surface area contributed by atoms with Gasteiger partial charge in [-0.05, 0) is 45.6 Å². The highest BCUT2D eigenvalue weighted by molar-refractivity contribution is 5.74. The van der Waals surface area contributed by atoms with Crippen molar-refractivity contribution >= 4 is 5.97 Å². The van der Waals surface area contributed by atoms with Crippen LogP contribution < -0.4 is 0 Å². The topological polar surface area (TPSA) is 49.8 Å². The third-order valence-corrected chi connectivity index (χ3v) is 3.84. The van der Waals surface area contributed by atoms with Crippen LogP contribution in [0.25, 0.3) is 0 Å². The molecular formula is C13H25NO3. The van der Waals surface area contributed by atoms with Gasteiger partial charge in [-0.2, -0.15) is 0 Å². The van der Waals surface area contributed by atoms with Gasteiger partial charge in [0.2, 0.25) is 0 Å². The molecule has 4 nitrogen and oxygen atoms in total. The predicted molar refractivity (Wildman–Crippen MR) is 67.1 cm³/mol. The van der Waals surface area contributed by atoms with Gasteiger partial charge in [-0.1, -0.05) is 6.92 Å². The molecule has 1 N–H and O–H groups in total. The van der Waals surface area contributed by atoms with E-state index in [1.807, 2.05) is 20.8 Å². The van der Waals surface area contributed by atoms with E-state index < -0.39 is 5.97 Å². The van der Waals surface area contributed by atoms with Gasteiger partial charge in [0.1, 0.15) is 6.04 Å². The second-order valence-corrected chi connectivity index (χ2v) is 5.65. The van der Waals surface area contributed by atoms with Crippen molar-refractivity contribution in [3.05, 3.63) is 0 Å². The minimum absolute atomic E-state index is 0.177. The van der Waals surface area contributed by atoms with Crippen LogP contribution in [-0.4, -0.2) is 47.8 Å². The second kappa shape index (κ2) is 5.83. The lowest BCUT2D eigenvalue weighted by Gasteiger charge is -2.38. The van der Waals surface area contributed by atoms with E-state index in [2.05, 4.69) is 4.90 Å². The normalized spacial score (nSPS) is 27.1. The zero-order valence-electron chi connectivity index (χ0n) is 11.4. The standard InChI is InChI=1S/C13H25NO3/c1-10-6-5-8-14(11(10)12(15)16)9-7-13(2,3)17-4/h10-11H,5-9H2,1-4H3,(H,15,16). The van der Waals surface area contributed by atoms with Crippen LogP contribution in [0.3, 0.4) is 0 Å². The van der Waals surface area contributed by atoms with Crippen LogP contribution in [0.4, 0.5) is 0 Å². The van der Waals surface area contributed by atoms with E-state index in [0.717, 1.165) is 32.4 Å². The molecule has 4 heteroatoms. The molecule has 0 bridgehead atoms. The van der Waals surface area contributed by atoms with Gasteiger partial charge in [0, 0.05) is 13.7 Å². The molecule has 1 fully saturated rings. The van der Waals surface area contributed by atoms with E-state index in [0.29, 0.717) is 0 Å². The molecule has 1 heterocycles.